The monoisotopic (exact) mass is 512 g/mol. The standard InChI is InChI=1S/C31H29FN2O4/c1-19(2)18-38-23-7-5-6-21(16-23)29(35)27-28(25-17-33-26-9-4-3-8-24(25)26)34(31(37)30(27)36)15-14-20-10-12-22(32)13-11-20/h3-13,16-17,19,28,33,35H,14-15,18H2,1-2H3/b29-27+. The van der Waals surface area contributed by atoms with Gasteiger partial charge in [-0.15, -0.1) is 0 Å². The fraction of sp³-hybridized carbons (Fsp3) is 0.226. The maximum Gasteiger partial charge on any atom is 0.295 e. The Kier molecular flexibility index (Phi) is 7.01. The Morgan fingerprint density at radius 3 is 2.58 bits per heavy atom. The summed E-state index contributed by atoms with van der Waals surface area (Å²) in [5, 5.41) is 12.3. The number of hydrogen-bond donors (Lipinski definition) is 2. The summed E-state index contributed by atoms with van der Waals surface area (Å²) in [5.41, 5.74) is 2.83. The molecule has 194 valence electrons. The van der Waals surface area contributed by atoms with Crippen LogP contribution < -0.4 is 4.74 Å². The summed E-state index contributed by atoms with van der Waals surface area (Å²) in [7, 11) is 0. The zero-order valence-corrected chi connectivity index (χ0v) is 21.3. The molecule has 1 fully saturated rings. The smallest absolute Gasteiger partial charge is 0.295 e. The van der Waals surface area contributed by atoms with Gasteiger partial charge in [-0.25, -0.2) is 4.39 Å². The summed E-state index contributed by atoms with van der Waals surface area (Å²) >= 11 is 0. The number of halogens is 1. The SMILES string of the molecule is CC(C)COc1cccc(/C(O)=C2\C(=O)C(=O)N(CCc3ccc(F)cc3)C2c2c[nH]c3ccccc23)c1. The van der Waals surface area contributed by atoms with E-state index in [0.29, 0.717) is 35.8 Å². The lowest BCUT2D eigenvalue weighted by Crippen LogP contribution is -2.31. The molecule has 0 aliphatic carbocycles. The highest BCUT2D eigenvalue weighted by molar-refractivity contribution is 6.46. The number of likely N-dealkylation sites (tertiary alicyclic amines) is 1. The van der Waals surface area contributed by atoms with Crippen LogP contribution in [0, 0.1) is 11.7 Å². The predicted octanol–water partition coefficient (Wildman–Crippen LogP) is 6.01. The van der Waals surface area contributed by atoms with Crippen LogP contribution in [0.3, 0.4) is 0 Å². The molecule has 1 aliphatic rings. The number of hydrogen-bond acceptors (Lipinski definition) is 4. The van der Waals surface area contributed by atoms with E-state index >= 15 is 0 Å². The minimum atomic E-state index is -0.799. The molecule has 1 amide bonds. The van der Waals surface area contributed by atoms with Gasteiger partial charge in [-0.1, -0.05) is 56.3 Å². The Balaban J connectivity index is 1.58. The lowest BCUT2D eigenvalue weighted by atomic mass is 9.94. The molecule has 3 aromatic carbocycles. The van der Waals surface area contributed by atoms with Gasteiger partial charge in [0.25, 0.3) is 11.7 Å². The van der Waals surface area contributed by atoms with Gasteiger partial charge in [0.15, 0.2) is 0 Å². The largest absolute Gasteiger partial charge is 0.507 e. The molecular formula is C31H29FN2O4. The quantitative estimate of drug-likeness (QED) is 0.172. The molecule has 4 aromatic rings. The van der Waals surface area contributed by atoms with Crippen LogP contribution in [0.4, 0.5) is 4.39 Å². The lowest BCUT2D eigenvalue weighted by molar-refractivity contribution is -0.139. The van der Waals surface area contributed by atoms with E-state index in [0.717, 1.165) is 16.5 Å². The van der Waals surface area contributed by atoms with Crippen LogP contribution >= 0.6 is 0 Å². The van der Waals surface area contributed by atoms with Gasteiger partial charge in [0.05, 0.1) is 18.2 Å². The van der Waals surface area contributed by atoms with Crippen LogP contribution in [0.25, 0.3) is 16.7 Å². The van der Waals surface area contributed by atoms with Crippen molar-refractivity contribution in [2.24, 2.45) is 5.92 Å². The van der Waals surface area contributed by atoms with Crippen LogP contribution in [0.1, 0.15) is 36.6 Å². The number of aromatic nitrogens is 1. The van der Waals surface area contributed by atoms with Crippen molar-refractivity contribution in [1.82, 2.24) is 9.88 Å². The number of Topliss-reactive ketones (excluding diaryl/α,β-unsaturated/α-hetero) is 1. The van der Waals surface area contributed by atoms with Gasteiger partial charge in [-0.05, 0) is 48.2 Å². The van der Waals surface area contributed by atoms with Gasteiger partial charge in [0.1, 0.15) is 17.3 Å². The molecule has 5 rings (SSSR count). The van der Waals surface area contributed by atoms with E-state index in [1.807, 2.05) is 38.1 Å². The molecular weight excluding hydrogens is 483 g/mol. The van der Waals surface area contributed by atoms with Crippen molar-refractivity contribution in [2.45, 2.75) is 26.3 Å². The number of aliphatic hydroxyl groups excluding tert-OH is 1. The summed E-state index contributed by atoms with van der Waals surface area (Å²) in [4.78, 5) is 31.5. The third-order valence-electron chi connectivity index (χ3n) is 6.70. The first kappa shape index (κ1) is 25.3. The van der Waals surface area contributed by atoms with Crippen LogP contribution in [-0.2, 0) is 16.0 Å². The van der Waals surface area contributed by atoms with E-state index in [1.165, 1.54) is 17.0 Å². The number of H-pyrrole nitrogens is 1. The van der Waals surface area contributed by atoms with E-state index in [-0.39, 0.29) is 23.7 Å². The summed E-state index contributed by atoms with van der Waals surface area (Å²) in [6.07, 6.45) is 2.20. The van der Waals surface area contributed by atoms with E-state index in [9.17, 15) is 19.1 Å². The van der Waals surface area contributed by atoms with Gasteiger partial charge in [-0.2, -0.15) is 0 Å². The number of rotatable bonds is 8. The zero-order valence-electron chi connectivity index (χ0n) is 21.3. The maximum atomic E-state index is 13.4. The molecule has 1 aliphatic heterocycles. The van der Waals surface area contributed by atoms with E-state index in [4.69, 9.17) is 4.74 Å². The van der Waals surface area contributed by atoms with Gasteiger partial charge in [-0.3, -0.25) is 9.59 Å². The molecule has 0 saturated carbocycles. The first-order valence-electron chi connectivity index (χ1n) is 12.7. The van der Waals surface area contributed by atoms with Crippen molar-refractivity contribution in [3.63, 3.8) is 0 Å². The van der Waals surface area contributed by atoms with Crippen molar-refractivity contribution >= 4 is 28.4 Å². The number of ketones is 1. The summed E-state index contributed by atoms with van der Waals surface area (Å²) < 4.78 is 19.2. The van der Waals surface area contributed by atoms with Gasteiger partial charge < -0.3 is 19.7 Å². The molecule has 0 bridgehead atoms. The van der Waals surface area contributed by atoms with Crippen molar-refractivity contribution in [2.75, 3.05) is 13.2 Å². The second-order valence-electron chi connectivity index (χ2n) is 9.89. The highest BCUT2D eigenvalue weighted by atomic mass is 19.1. The summed E-state index contributed by atoms with van der Waals surface area (Å²) in [5.74, 6) is -1.13. The average molecular weight is 513 g/mol. The van der Waals surface area contributed by atoms with Gasteiger partial charge >= 0.3 is 0 Å². The molecule has 38 heavy (non-hydrogen) atoms. The Morgan fingerprint density at radius 2 is 1.82 bits per heavy atom. The number of amides is 1. The Morgan fingerprint density at radius 1 is 1.05 bits per heavy atom. The minimum Gasteiger partial charge on any atom is -0.507 e. The number of ether oxygens (including phenoxy) is 1. The number of nitrogens with zero attached hydrogens (tertiary/aromatic N) is 1. The molecule has 1 atom stereocenters. The van der Waals surface area contributed by atoms with Crippen LogP contribution in [0.5, 0.6) is 5.75 Å². The molecule has 0 radical (unpaired) electrons. The van der Waals surface area contributed by atoms with Crippen molar-refractivity contribution in [1.29, 1.82) is 0 Å². The number of fused-ring (bicyclic) bond motifs is 1. The van der Waals surface area contributed by atoms with Gasteiger partial charge in [0.2, 0.25) is 0 Å². The van der Waals surface area contributed by atoms with E-state index < -0.39 is 17.7 Å². The first-order chi connectivity index (χ1) is 18.3. The number of aromatic amines is 1. The number of nitrogens with one attached hydrogen (secondary N) is 1. The fourth-order valence-corrected chi connectivity index (χ4v) is 4.81. The highest BCUT2D eigenvalue weighted by Gasteiger charge is 2.46. The Bertz CT molecular complexity index is 1520. The van der Waals surface area contributed by atoms with Crippen LogP contribution in [0.2, 0.25) is 0 Å². The molecule has 0 spiro atoms. The predicted molar refractivity (Wildman–Crippen MR) is 144 cm³/mol. The molecule has 1 saturated heterocycles. The molecule has 1 unspecified atom stereocenters. The normalized spacial score (nSPS) is 17.1. The molecule has 2 heterocycles. The highest BCUT2D eigenvalue weighted by Crippen LogP contribution is 2.42. The van der Waals surface area contributed by atoms with E-state index in [2.05, 4.69) is 4.98 Å². The second kappa shape index (κ2) is 10.5. The first-order valence-corrected chi connectivity index (χ1v) is 12.7. The topological polar surface area (TPSA) is 82.6 Å². The fourth-order valence-electron chi connectivity index (χ4n) is 4.81. The molecule has 2 N–H and O–H groups in total. The zero-order chi connectivity index (χ0) is 26.8. The number of para-hydroxylation sites is 1. The van der Waals surface area contributed by atoms with Crippen LogP contribution in [0.15, 0.2) is 84.6 Å². The number of aliphatic hydroxyl groups is 1. The summed E-state index contributed by atoms with van der Waals surface area (Å²) in [6, 6.07) is 19.8. The van der Waals surface area contributed by atoms with Crippen molar-refractivity contribution < 1.29 is 23.8 Å². The lowest BCUT2D eigenvalue weighted by Gasteiger charge is -2.25. The number of benzene rings is 3. The Hall–Kier alpha value is -4.39. The van der Waals surface area contributed by atoms with Crippen molar-refractivity contribution in [3.05, 3.63) is 107 Å². The second-order valence-corrected chi connectivity index (χ2v) is 9.89. The number of carbonyl (C=O) groups is 2. The van der Waals surface area contributed by atoms with Crippen molar-refractivity contribution in [3.8, 4) is 5.75 Å². The number of carbonyl (C=O) groups excluding carboxylic acids is 2. The minimum absolute atomic E-state index is 0.0277. The third kappa shape index (κ3) is 4.92. The summed E-state index contributed by atoms with van der Waals surface area (Å²) in [6.45, 7) is 4.80. The van der Waals surface area contributed by atoms with E-state index in [1.54, 1.807) is 42.6 Å². The average Bonchev–Trinajstić information content (AvgIpc) is 3.45. The van der Waals surface area contributed by atoms with Crippen LogP contribution in [-0.4, -0.2) is 39.8 Å². The maximum absolute atomic E-state index is 13.4. The molecule has 6 nitrogen and oxygen atoms in total. The Labute approximate surface area is 220 Å². The molecule has 1 aromatic heterocycles. The van der Waals surface area contributed by atoms with Gasteiger partial charge in [0, 0.05) is 34.8 Å². The molecule has 7 heteroatoms. The third-order valence-corrected chi connectivity index (χ3v) is 6.70.